The highest BCUT2D eigenvalue weighted by Crippen LogP contribution is 2.24. The highest BCUT2D eigenvalue weighted by atomic mass is 32.1. The number of hydrogen-bond donors (Lipinski definition) is 2. The number of hydrogen-bond acceptors (Lipinski definition) is 7. The normalized spacial score (nSPS) is 11.6. The Labute approximate surface area is 172 Å². The molecule has 0 fully saturated rings. The van der Waals surface area contributed by atoms with Crippen LogP contribution in [0.2, 0.25) is 0 Å². The number of carbonyl (C=O) groups excluding carboxylic acids is 1. The van der Waals surface area contributed by atoms with E-state index < -0.39 is 4.92 Å². The van der Waals surface area contributed by atoms with Crippen LogP contribution in [0.25, 0.3) is 11.3 Å². The topological polar surface area (TPSA) is 110 Å². The molecular formula is C20H21N5O3S. The summed E-state index contributed by atoms with van der Waals surface area (Å²) < 4.78 is 0. The molecule has 29 heavy (non-hydrogen) atoms. The molecule has 1 unspecified atom stereocenters. The Bertz CT molecular complexity index is 960. The van der Waals surface area contributed by atoms with Gasteiger partial charge in [-0.05, 0) is 37.6 Å². The van der Waals surface area contributed by atoms with Gasteiger partial charge in [0.2, 0.25) is 5.91 Å². The van der Waals surface area contributed by atoms with Crippen molar-refractivity contribution < 1.29 is 9.72 Å². The van der Waals surface area contributed by atoms with Gasteiger partial charge in [0.05, 0.1) is 16.7 Å². The number of nitrogens with zero attached hydrogens (tertiary/aromatic N) is 3. The van der Waals surface area contributed by atoms with E-state index in [1.54, 1.807) is 24.5 Å². The first-order chi connectivity index (χ1) is 14.0. The number of carbonyl (C=O) groups is 1. The van der Waals surface area contributed by atoms with Crippen molar-refractivity contribution in [3.8, 4) is 11.3 Å². The van der Waals surface area contributed by atoms with Crippen LogP contribution in [0.15, 0.2) is 54.2 Å². The maximum absolute atomic E-state index is 12.2. The van der Waals surface area contributed by atoms with E-state index in [2.05, 4.69) is 20.6 Å². The summed E-state index contributed by atoms with van der Waals surface area (Å²) in [6.07, 6.45) is 4.51. The standard InChI is InChI=1S/C20H21N5O3S/c1-14(20-24-18(13-29-20)15-4-2-10-21-12-15)23-19(26)5-3-11-22-16-6-8-17(9-7-16)25(27)28/h2,4,6-10,12-14,22H,3,5,11H2,1H3,(H,23,26). The van der Waals surface area contributed by atoms with Crippen molar-refractivity contribution >= 4 is 28.6 Å². The summed E-state index contributed by atoms with van der Waals surface area (Å²) in [7, 11) is 0. The minimum absolute atomic E-state index is 0.0406. The molecule has 2 heterocycles. The van der Waals surface area contributed by atoms with Crippen LogP contribution in [0.5, 0.6) is 0 Å². The molecule has 3 aromatic rings. The van der Waals surface area contributed by atoms with Crippen molar-refractivity contribution in [2.24, 2.45) is 0 Å². The van der Waals surface area contributed by atoms with Crippen molar-refractivity contribution in [2.75, 3.05) is 11.9 Å². The van der Waals surface area contributed by atoms with Crippen LogP contribution < -0.4 is 10.6 Å². The maximum Gasteiger partial charge on any atom is 0.269 e. The Kier molecular flexibility index (Phi) is 6.85. The van der Waals surface area contributed by atoms with Crippen LogP contribution in [0.4, 0.5) is 11.4 Å². The molecule has 0 aliphatic rings. The molecule has 2 aromatic heterocycles. The van der Waals surface area contributed by atoms with Crippen LogP contribution in [-0.2, 0) is 4.79 Å². The second-order valence-corrected chi connectivity index (χ2v) is 7.33. The number of anilines is 1. The summed E-state index contributed by atoms with van der Waals surface area (Å²) in [5.41, 5.74) is 2.64. The summed E-state index contributed by atoms with van der Waals surface area (Å²) in [6, 6.07) is 9.86. The first kappa shape index (κ1) is 20.4. The average Bonchev–Trinajstić information content (AvgIpc) is 3.23. The fourth-order valence-corrected chi connectivity index (χ4v) is 3.53. The summed E-state index contributed by atoms with van der Waals surface area (Å²) in [4.78, 5) is 31.1. The Morgan fingerprint density at radius 2 is 2.07 bits per heavy atom. The van der Waals surface area contributed by atoms with Gasteiger partial charge in [-0.15, -0.1) is 11.3 Å². The molecule has 0 saturated carbocycles. The predicted molar refractivity (Wildman–Crippen MR) is 113 cm³/mol. The van der Waals surface area contributed by atoms with E-state index >= 15 is 0 Å². The van der Waals surface area contributed by atoms with Crippen LogP contribution in [0.3, 0.4) is 0 Å². The minimum atomic E-state index is -0.433. The second kappa shape index (κ2) is 9.74. The molecule has 0 aliphatic heterocycles. The Morgan fingerprint density at radius 3 is 2.76 bits per heavy atom. The highest BCUT2D eigenvalue weighted by molar-refractivity contribution is 7.10. The zero-order valence-electron chi connectivity index (χ0n) is 15.9. The summed E-state index contributed by atoms with van der Waals surface area (Å²) >= 11 is 1.51. The highest BCUT2D eigenvalue weighted by Gasteiger charge is 2.14. The molecule has 3 rings (SSSR count). The van der Waals surface area contributed by atoms with E-state index in [0.717, 1.165) is 22.0 Å². The molecule has 9 heteroatoms. The van der Waals surface area contributed by atoms with Crippen molar-refractivity contribution in [2.45, 2.75) is 25.8 Å². The van der Waals surface area contributed by atoms with Gasteiger partial charge in [-0.1, -0.05) is 0 Å². The molecule has 150 valence electrons. The van der Waals surface area contributed by atoms with E-state index in [0.29, 0.717) is 19.4 Å². The Hall–Kier alpha value is -3.33. The molecule has 1 aromatic carbocycles. The van der Waals surface area contributed by atoms with Crippen molar-refractivity contribution in [3.05, 3.63) is 69.3 Å². The van der Waals surface area contributed by atoms with Crippen LogP contribution in [0, 0.1) is 10.1 Å². The SMILES string of the molecule is CC(NC(=O)CCCNc1ccc([N+](=O)[O-])cc1)c1nc(-c2cccnc2)cs1. The van der Waals surface area contributed by atoms with Gasteiger partial charge in [0, 0.05) is 54.1 Å². The van der Waals surface area contributed by atoms with Gasteiger partial charge in [-0.25, -0.2) is 4.98 Å². The number of pyridine rings is 1. The third-order valence-corrected chi connectivity index (χ3v) is 5.24. The van der Waals surface area contributed by atoms with Crippen molar-refractivity contribution in [3.63, 3.8) is 0 Å². The van der Waals surface area contributed by atoms with Crippen LogP contribution in [-0.4, -0.2) is 27.3 Å². The lowest BCUT2D eigenvalue weighted by Gasteiger charge is -2.11. The van der Waals surface area contributed by atoms with E-state index in [4.69, 9.17) is 0 Å². The van der Waals surface area contributed by atoms with Crippen LogP contribution in [0.1, 0.15) is 30.8 Å². The third-order valence-electron chi connectivity index (χ3n) is 4.22. The Morgan fingerprint density at radius 1 is 1.28 bits per heavy atom. The number of aromatic nitrogens is 2. The molecule has 0 spiro atoms. The second-order valence-electron chi connectivity index (χ2n) is 6.44. The molecule has 0 radical (unpaired) electrons. The first-order valence-corrected chi connectivity index (χ1v) is 10.0. The maximum atomic E-state index is 12.2. The number of rotatable bonds is 9. The van der Waals surface area contributed by atoms with Gasteiger partial charge >= 0.3 is 0 Å². The molecule has 0 bridgehead atoms. The lowest BCUT2D eigenvalue weighted by Crippen LogP contribution is -2.26. The smallest absolute Gasteiger partial charge is 0.269 e. The molecule has 8 nitrogen and oxygen atoms in total. The summed E-state index contributed by atoms with van der Waals surface area (Å²) in [6.45, 7) is 2.51. The van der Waals surface area contributed by atoms with Gasteiger partial charge in [0.25, 0.3) is 5.69 Å². The monoisotopic (exact) mass is 411 g/mol. The predicted octanol–water partition coefficient (Wildman–Crippen LogP) is 4.18. The van der Waals surface area contributed by atoms with Gasteiger partial charge in [-0.2, -0.15) is 0 Å². The fourth-order valence-electron chi connectivity index (χ4n) is 2.69. The minimum Gasteiger partial charge on any atom is -0.385 e. The van der Waals surface area contributed by atoms with E-state index in [1.807, 2.05) is 24.4 Å². The van der Waals surface area contributed by atoms with Gasteiger partial charge < -0.3 is 10.6 Å². The van der Waals surface area contributed by atoms with Crippen molar-refractivity contribution in [1.29, 1.82) is 0 Å². The summed E-state index contributed by atoms with van der Waals surface area (Å²) in [5, 5.41) is 19.6. The zero-order valence-corrected chi connectivity index (χ0v) is 16.7. The van der Waals surface area contributed by atoms with Crippen LogP contribution >= 0.6 is 11.3 Å². The van der Waals surface area contributed by atoms with Crippen molar-refractivity contribution in [1.82, 2.24) is 15.3 Å². The number of amides is 1. The van der Waals surface area contributed by atoms with E-state index in [1.165, 1.54) is 23.5 Å². The first-order valence-electron chi connectivity index (χ1n) is 9.16. The molecule has 0 aliphatic carbocycles. The molecule has 2 N–H and O–H groups in total. The Balaban J connectivity index is 1.41. The molecule has 1 atom stereocenters. The number of non-ortho nitro benzene ring substituents is 1. The number of benzene rings is 1. The molecular weight excluding hydrogens is 390 g/mol. The van der Waals surface area contributed by atoms with E-state index in [9.17, 15) is 14.9 Å². The number of nitro benzene ring substituents is 1. The summed E-state index contributed by atoms with van der Waals surface area (Å²) in [5.74, 6) is -0.0406. The third kappa shape index (κ3) is 5.82. The quantitative estimate of drug-likeness (QED) is 0.310. The molecule has 0 saturated heterocycles. The molecule has 1 amide bonds. The van der Waals surface area contributed by atoms with E-state index in [-0.39, 0.29) is 17.6 Å². The fraction of sp³-hybridized carbons (Fsp3) is 0.250. The average molecular weight is 411 g/mol. The zero-order chi connectivity index (χ0) is 20.6. The number of nitrogens with one attached hydrogen (secondary N) is 2. The van der Waals surface area contributed by atoms with Gasteiger partial charge in [0.1, 0.15) is 5.01 Å². The lowest BCUT2D eigenvalue weighted by atomic mass is 10.2. The largest absolute Gasteiger partial charge is 0.385 e. The van der Waals surface area contributed by atoms with Gasteiger partial charge in [-0.3, -0.25) is 19.9 Å². The number of thiazole rings is 1. The number of nitro groups is 1. The van der Waals surface area contributed by atoms with Gasteiger partial charge in [0.15, 0.2) is 0 Å². The lowest BCUT2D eigenvalue weighted by molar-refractivity contribution is -0.384.